The van der Waals surface area contributed by atoms with Crippen LogP contribution in [0.5, 0.6) is 0 Å². The Kier molecular flexibility index (Phi) is 5.48. The third kappa shape index (κ3) is 4.08. The zero-order chi connectivity index (χ0) is 24.9. The van der Waals surface area contributed by atoms with Crippen molar-refractivity contribution in [1.29, 1.82) is 0 Å². The van der Waals surface area contributed by atoms with Gasteiger partial charge in [0.25, 0.3) is 0 Å². The van der Waals surface area contributed by atoms with Crippen LogP contribution in [0, 0.1) is 0 Å². The summed E-state index contributed by atoms with van der Waals surface area (Å²) in [6.45, 7) is 4.66. The van der Waals surface area contributed by atoms with Gasteiger partial charge in [0.2, 0.25) is 0 Å². The average molecular weight is 492 g/mol. The van der Waals surface area contributed by atoms with E-state index in [9.17, 15) is 0 Å². The van der Waals surface area contributed by atoms with Crippen molar-refractivity contribution in [3.8, 4) is 11.3 Å². The molecule has 5 aromatic rings. The molecule has 3 N–H and O–H groups in total. The van der Waals surface area contributed by atoms with Crippen LogP contribution in [0.3, 0.4) is 0 Å². The number of imidazole rings is 1. The number of anilines is 1. The number of nitrogens with one attached hydrogen (secondary N) is 1. The summed E-state index contributed by atoms with van der Waals surface area (Å²) in [4.78, 5) is 18.3. The summed E-state index contributed by atoms with van der Waals surface area (Å²) in [6.07, 6.45) is 7.01. The number of nitrogens with two attached hydrogens (primary N) is 1. The second-order valence-corrected chi connectivity index (χ2v) is 10.8. The first-order valence-corrected chi connectivity index (χ1v) is 13.3. The number of nitrogens with zero attached hydrogens (tertiary/aromatic N) is 5. The van der Waals surface area contributed by atoms with Gasteiger partial charge in [-0.2, -0.15) is 0 Å². The topological polar surface area (TPSA) is 78.5 Å². The molecule has 1 saturated heterocycles. The lowest BCUT2D eigenvalue weighted by Crippen LogP contribution is -2.52. The standard InChI is InChI=1S/C30H33N7/c1-35-11-13-36(14-12-35)25-18-23(19-25)30-34-27(28-29(31)32-9-10-37(28)30)21-7-8-26-22(16-21)17-24(33-26)15-20-5-3-2-4-6-20/h2-10,16-17,23,25,33H,11-15,18-19H2,1H3,(H2,31,32)/t23-,25+. The Bertz CT molecular complexity index is 1550. The van der Waals surface area contributed by atoms with Crippen LogP contribution in [-0.4, -0.2) is 68.4 Å². The minimum atomic E-state index is 0.446. The van der Waals surface area contributed by atoms with Crippen LogP contribution in [0.25, 0.3) is 27.7 Å². The highest BCUT2D eigenvalue weighted by molar-refractivity contribution is 5.91. The van der Waals surface area contributed by atoms with E-state index in [0.29, 0.717) is 17.8 Å². The first kappa shape index (κ1) is 22.5. The van der Waals surface area contributed by atoms with Crippen molar-refractivity contribution in [2.45, 2.75) is 31.2 Å². The molecule has 2 aromatic carbocycles. The first-order chi connectivity index (χ1) is 18.1. The molecule has 1 saturated carbocycles. The largest absolute Gasteiger partial charge is 0.382 e. The molecule has 7 heteroatoms. The quantitative estimate of drug-likeness (QED) is 0.377. The molecular formula is C30H33N7. The van der Waals surface area contributed by atoms with E-state index in [1.807, 2.05) is 6.20 Å². The van der Waals surface area contributed by atoms with Gasteiger partial charge in [-0.15, -0.1) is 0 Å². The van der Waals surface area contributed by atoms with Crippen LogP contribution in [0.2, 0.25) is 0 Å². The van der Waals surface area contributed by atoms with Gasteiger partial charge in [0.15, 0.2) is 0 Å². The number of hydrogen-bond acceptors (Lipinski definition) is 5. The van der Waals surface area contributed by atoms with Gasteiger partial charge >= 0.3 is 0 Å². The molecule has 0 radical (unpaired) electrons. The van der Waals surface area contributed by atoms with Crippen molar-refractivity contribution < 1.29 is 0 Å². The highest BCUT2D eigenvalue weighted by atomic mass is 15.3. The number of rotatable bonds is 5. The smallest absolute Gasteiger partial charge is 0.150 e. The number of aromatic nitrogens is 4. The van der Waals surface area contributed by atoms with E-state index in [4.69, 9.17) is 10.7 Å². The maximum Gasteiger partial charge on any atom is 0.150 e. The number of aromatic amines is 1. The number of hydrogen-bond donors (Lipinski definition) is 2. The molecular weight excluding hydrogens is 458 g/mol. The summed E-state index contributed by atoms with van der Waals surface area (Å²) in [6, 6.07) is 20.0. The highest BCUT2D eigenvalue weighted by Gasteiger charge is 2.38. The average Bonchev–Trinajstić information content (AvgIpc) is 3.46. The molecule has 4 heterocycles. The Labute approximate surface area is 216 Å². The molecule has 7 nitrogen and oxygen atoms in total. The predicted octanol–water partition coefficient (Wildman–Crippen LogP) is 4.54. The second kappa shape index (κ2) is 9.01. The van der Waals surface area contributed by atoms with Crippen molar-refractivity contribution >= 4 is 22.2 Å². The van der Waals surface area contributed by atoms with Gasteiger partial charge in [0.1, 0.15) is 22.9 Å². The molecule has 188 valence electrons. The summed E-state index contributed by atoms with van der Waals surface area (Å²) in [7, 11) is 2.21. The summed E-state index contributed by atoms with van der Waals surface area (Å²) >= 11 is 0. The van der Waals surface area contributed by atoms with Crippen LogP contribution in [0.4, 0.5) is 5.82 Å². The van der Waals surface area contributed by atoms with Crippen LogP contribution in [0.1, 0.15) is 35.8 Å². The third-order valence-electron chi connectivity index (χ3n) is 8.33. The van der Waals surface area contributed by atoms with Gasteiger partial charge in [0, 0.05) is 79.1 Å². The van der Waals surface area contributed by atoms with E-state index >= 15 is 0 Å². The number of H-pyrrole nitrogens is 1. The molecule has 2 fully saturated rings. The third-order valence-corrected chi connectivity index (χ3v) is 8.33. The van der Waals surface area contributed by atoms with Crippen molar-refractivity contribution in [2.75, 3.05) is 39.0 Å². The molecule has 0 spiro atoms. The van der Waals surface area contributed by atoms with E-state index in [-0.39, 0.29) is 0 Å². The number of nitrogen functional groups attached to an aromatic ring is 1. The Morgan fingerprint density at radius 1 is 1.00 bits per heavy atom. The molecule has 0 unspecified atom stereocenters. The van der Waals surface area contributed by atoms with Crippen molar-refractivity contribution in [3.63, 3.8) is 0 Å². The van der Waals surface area contributed by atoms with E-state index in [1.54, 1.807) is 6.20 Å². The Balaban J connectivity index is 1.19. The number of benzene rings is 2. The van der Waals surface area contributed by atoms with Crippen LogP contribution in [-0.2, 0) is 6.42 Å². The molecule has 0 atom stereocenters. The zero-order valence-electron chi connectivity index (χ0n) is 21.3. The predicted molar refractivity (Wildman–Crippen MR) is 149 cm³/mol. The molecule has 37 heavy (non-hydrogen) atoms. The number of fused-ring (bicyclic) bond motifs is 2. The Morgan fingerprint density at radius 3 is 2.62 bits per heavy atom. The van der Waals surface area contributed by atoms with Gasteiger partial charge in [-0.1, -0.05) is 36.4 Å². The Hall–Kier alpha value is -3.68. The van der Waals surface area contributed by atoms with Crippen molar-refractivity contribution in [2.24, 2.45) is 0 Å². The first-order valence-electron chi connectivity index (χ1n) is 13.3. The minimum Gasteiger partial charge on any atom is -0.382 e. The fourth-order valence-corrected chi connectivity index (χ4v) is 6.11. The number of likely N-dealkylation sites (N-methyl/N-ethyl adjacent to an activating group) is 1. The van der Waals surface area contributed by atoms with E-state index in [0.717, 1.165) is 60.5 Å². The molecule has 1 aliphatic carbocycles. The maximum absolute atomic E-state index is 6.44. The maximum atomic E-state index is 6.44. The summed E-state index contributed by atoms with van der Waals surface area (Å²) in [5.41, 5.74) is 13.0. The van der Waals surface area contributed by atoms with Gasteiger partial charge < -0.3 is 15.6 Å². The monoisotopic (exact) mass is 491 g/mol. The molecule has 0 amide bonds. The summed E-state index contributed by atoms with van der Waals surface area (Å²) < 4.78 is 2.19. The zero-order valence-corrected chi connectivity index (χ0v) is 21.3. The molecule has 7 rings (SSSR count). The van der Waals surface area contributed by atoms with E-state index in [2.05, 4.69) is 85.8 Å². The van der Waals surface area contributed by atoms with Crippen LogP contribution in [0.15, 0.2) is 67.0 Å². The lowest BCUT2D eigenvalue weighted by molar-refractivity contribution is 0.0586. The molecule has 0 bridgehead atoms. The van der Waals surface area contributed by atoms with Gasteiger partial charge in [-0.25, -0.2) is 9.97 Å². The highest BCUT2D eigenvalue weighted by Crippen LogP contribution is 2.42. The molecule has 3 aromatic heterocycles. The SMILES string of the molecule is CN1CCN([C@H]2C[C@@H](c3nc(-c4ccc5[nH]c(Cc6ccccc6)cc5c4)c4c(N)nccn43)C2)CC1. The van der Waals surface area contributed by atoms with E-state index < -0.39 is 0 Å². The van der Waals surface area contributed by atoms with Crippen LogP contribution < -0.4 is 5.73 Å². The molecule has 1 aliphatic heterocycles. The van der Waals surface area contributed by atoms with Gasteiger partial charge in [-0.05, 0) is 43.7 Å². The van der Waals surface area contributed by atoms with Crippen LogP contribution >= 0.6 is 0 Å². The lowest BCUT2D eigenvalue weighted by atomic mass is 9.78. The van der Waals surface area contributed by atoms with E-state index in [1.165, 1.54) is 29.7 Å². The second-order valence-electron chi connectivity index (χ2n) is 10.8. The fraction of sp³-hybridized carbons (Fsp3) is 0.333. The minimum absolute atomic E-state index is 0.446. The number of piperazine rings is 1. The molecule has 2 aliphatic rings. The van der Waals surface area contributed by atoms with Crippen molar-refractivity contribution in [1.82, 2.24) is 29.2 Å². The lowest BCUT2D eigenvalue weighted by Gasteiger charge is -2.45. The van der Waals surface area contributed by atoms with Gasteiger partial charge in [-0.3, -0.25) is 9.30 Å². The summed E-state index contributed by atoms with van der Waals surface area (Å²) in [5, 5.41) is 1.19. The van der Waals surface area contributed by atoms with Gasteiger partial charge in [0.05, 0.1) is 0 Å². The normalized spacial score (nSPS) is 21.0. The summed E-state index contributed by atoms with van der Waals surface area (Å²) in [5.74, 6) is 2.09. The Morgan fingerprint density at radius 2 is 1.81 bits per heavy atom. The fourth-order valence-electron chi connectivity index (χ4n) is 6.11. The van der Waals surface area contributed by atoms with Crippen molar-refractivity contribution in [3.05, 3.63) is 84.1 Å².